The van der Waals surface area contributed by atoms with Crippen LogP contribution in [0, 0.1) is 25.5 Å². The van der Waals surface area contributed by atoms with E-state index in [9.17, 15) is 8.78 Å². The second kappa shape index (κ2) is 6.14. The van der Waals surface area contributed by atoms with Crippen LogP contribution in [-0.2, 0) is 6.42 Å². The molecule has 0 radical (unpaired) electrons. The van der Waals surface area contributed by atoms with E-state index in [1.807, 2.05) is 13.8 Å². The van der Waals surface area contributed by atoms with E-state index >= 15 is 0 Å². The first kappa shape index (κ1) is 14.7. The van der Waals surface area contributed by atoms with Crippen LogP contribution in [0.4, 0.5) is 8.78 Å². The van der Waals surface area contributed by atoms with Crippen LogP contribution in [0.1, 0.15) is 28.3 Å². The van der Waals surface area contributed by atoms with Gasteiger partial charge in [-0.15, -0.1) is 0 Å². The zero-order valence-electron chi connectivity index (χ0n) is 12.0. The van der Waals surface area contributed by atoms with E-state index in [1.54, 1.807) is 7.05 Å². The Morgan fingerprint density at radius 2 is 1.45 bits per heavy atom. The summed E-state index contributed by atoms with van der Waals surface area (Å²) in [5.41, 5.74) is 4.18. The van der Waals surface area contributed by atoms with E-state index in [2.05, 4.69) is 23.5 Å². The first-order valence-electron chi connectivity index (χ1n) is 6.68. The van der Waals surface area contributed by atoms with Gasteiger partial charge < -0.3 is 5.32 Å². The summed E-state index contributed by atoms with van der Waals surface area (Å²) in [7, 11) is 1.80. The SMILES string of the molecule is CNC(Cc1cc(C)cc(C)c1)c1cc(F)cc(F)c1. The monoisotopic (exact) mass is 275 g/mol. The lowest BCUT2D eigenvalue weighted by atomic mass is 9.96. The van der Waals surface area contributed by atoms with Crippen LogP contribution in [0.2, 0.25) is 0 Å². The molecule has 0 saturated carbocycles. The molecule has 0 saturated heterocycles. The summed E-state index contributed by atoms with van der Waals surface area (Å²) >= 11 is 0. The third kappa shape index (κ3) is 3.64. The van der Waals surface area contributed by atoms with Gasteiger partial charge in [0.1, 0.15) is 11.6 Å². The van der Waals surface area contributed by atoms with E-state index < -0.39 is 11.6 Å². The Bertz CT molecular complexity index is 567. The number of benzene rings is 2. The molecule has 0 fully saturated rings. The Hall–Kier alpha value is -1.74. The zero-order chi connectivity index (χ0) is 14.7. The van der Waals surface area contributed by atoms with Crippen molar-refractivity contribution in [2.75, 3.05) is 7.05 Å². The smallest absolute Gasteiger partial charge is 0.126 e. The van der Waals surface area contributed by atoms with Crippen molar-refractivity contribution in [1.82, 2.24) is 5.32 Å². The third-order valence-corrected chi connectivity index (χ3v) is 3.36. The normalized spacial score (nSPS) is 12.4. The molecule has 2 aromatic rings. The molecule has 0 spiro atoms. The van der Waals surface area contributed by atoms with Gasteiger partial charge in [0.05, 0.1) is 0 Å². The molecule has 1 N–H and O–H groups in total. The Morgan fingerprint density at radius 1 is 0.900 bits per heavy atom. The van der Waals surface area contributed by atoms with Gasteiger partial charge in [-0.1, -0.05) is 29.3 Å². The molecule has 20 heavy (non-hydrogen) atoms. The number of halogens is 2. The molecule has 3 heteroatoms. The van der Waals surface area contributed by atoms with Gasteiger partial charge >= 0.3 is 0 Å². The summed E-state index contributed by atoms with van der Waals surface area (Å²) in [4.78, 5) is 0. The van der Waals surface area contributed by atoms with Crippen molar-refractivity contribution < 1.29 is 8.78 Å². The fourth-order valence-electron chi connectivity index (χ4n) is 2.59. The molecule has 2 aromatic carbocycles. The number of likely N-dealkylation sites (N-methyl/N-ethyl adjacent to an activating group) is 1. The van der Waals surface area contributed by atoms with E-state index in [0.29, 0.717) is 12.0 Å². The fourth-order valence-corrected chi connectivity index (χ4v) is 2.59. The summed E-state index contributed by atoms with van der Waals surface area (Å²) in [5.74, 6) is -1.08. The molecule has 2 rings (SSSR count). The second-order valence-corrected chi connectivity index (χ2v) is 5.24. The molecule has 106 valence electrons. The van der Waals surface area contributed by atoms with Gasteiger partial charge in [0.15, 0.2) is 0 Å². The number of nitrogens with one attached hydrogen (secondary N) is 1. The van der Waals surface area contributed by atoms with Gasteiger partial charge in [-0.05, 0) is 50.6 Å². The van der Waals surface area contributed by atoms with Crippen molar-refractivity contribution in [2.24, 2.45) is 0 Å². The number of hydrogen-bond donors (Lipinski definition) is 1. The summed E-state index contributed by atoms with van der Waals surface area (Å²) in [6.07, 6.45) is 0.696. The maximum Gasteiger partial charge on any atom is 0.126 e. The Morgan fingerprint density at radius 3 is 1.95 bits per heavy atom. The number of hydrogen-bond acceptors (Lipinski definition) is 1. The maximum atomic E-state index is 13.3. The van der Waals surface area contributed by atoms with Crippen molar-refractivity contribution in [1.29, 1.82) is 0 Å². The lowest BCUT2D eigenvalue weighted by molar-refractivity contribution is 0.551. The molecule has 0 heterocycles. The van der Waals surface area contributed by atoms with Crippen molar-refractivity contribution in [3.8, 4) is 0 Å². The molecule has 1 nitrogen and oxygen atoms in total. The minimum Gasteiger partial charge on any atom is -0.313 e. The fraction of sp³-hybridized carbons (Fsp3) is 0.294. The Balaban J connectivity index is 2.28. The Kier molecular flexibility index (Phi) is 4.50. The van der Waals surface area contributed by atoms with Crippen molar-refractivity contribution in [3.05, 3.63) is 70.3 Å². The molecule has 0 aliphatic carbocycles. The highest BCUT2D eigenvalue weighted by atomic mass is 19.1. The standard InChI is InChI=1S/C17H19F2N/c1-11-4-12(2)6-13(5-11)7-17(20-3)14-8-15(18)10-16(19)9-14/h4-6,8-10,17,20H,7H2,1-3H3. The van der Waals surface area contributed by atoms with Crippen LogP contribution in [0.25, 0.3) is 0 Å². The molecule has 0 aliphatic heterocycles. The van der Waals surface area contributed by atoms with Crippen LogP contribution >= 0.6 is 0 Å². The van der Waals surface area contributed by atoms with Gasteiger partial charge in [-0.2, -0.15) is 0 Å². The van der Waals surface area contributed by atoms with Gasteiger partial charge in [0.2, 0.25) is 0 Å². The van der Waals surface area contributed by atoms with Gasteiger partial charge in [0, 0.05) is 12.1 Å². The molecular formula is C17H19F2N. The first-order chi connectivity index (χ1) is 9.47. The number of aryl methyl sites for hydroxylation is 2. The van der Waals surface area contributed by atoms with Crippen molar-refractivity contribution >= 4 is 0 Å². The quantitative estimate of drug-likeness (QED) is 0.886. The predicted molar refractivity (Wildman–Crippen MR) is 77.8 cm³/mol. The lowest BCUT2D eigenvalue weighted by Gasteiger charge is -2.18. The highest BCUT2D eigenvalue weighted by Gasteiger charge is 2.13. The summed E-state index contributed by atoms with van der Waals surface area (Å²) in [6, 6.07) is 9.87. The lowest BCUT2D eigenvalue weighted by Crippen LogP contribution is -2.19. The summed E-state index contributed by atoms with van der Waals surface area (Å²) in [6.45, 7) is 4.10. The Labute approximate surface area is 118 Å². The van der Waals surface area contributed by atoms with Crippen LogP contribution < -0.4 is 5.32 Å². The first-order valence-corrected chi connectivity index (χ1v) is 6.68. The molecule has 1 atom stereocenters. The molecular weight excluding hydrogens is 256 g/mol. The topological polar surface area (TPSA) is 12.0 Å². The van der Waals surface area contributed by atoms with Crippen LogP contribution in [0.3, 0.4) is 0 Å². The van der Waals surface area contributed by atoms with Gasteiger partial charge in [0.25, 0.3) is 0 Å². The molecule has 0 bridgehead atoms. The average Bonchev–Trinajstić information content (AvgIpc) is 2.33. The zero-order valence-corrected chi connectivity index (χ0v) is 12.0. The highest BCUT2D eigenvalue weighted by Crippen LogP contribution is 2.21. The van der Waals surface area contributed by atoms with Gasteiger partial charge in [-0.3, -0.25) is 0 Å². The summed E-state index contributed by atoms with van der Waals surface area (Å²) < 4.78 is 26.6. The van der Waals surface area contributed by atoms with Crippen LogP contribution in [0.15, 0.2) is 36.4 Å². The average molecular weight is 275 g/mol. The predicted octanol–water partition coefficient (Wildman–Crippen LogP) is 4.08. The summed E-state index contributed by atoms with van der Waals surface area (Å²) in [5, 5.41) is 3.13. The third-order valence-electron chi connectivity index (χ3n) is 3.36. The molecule has 0 aromatic heterocycles. The second-order valence-electron chi connectivity index (χ2n) is 5.24. The van der Waals surface area contributed by atoms with Crippen LogP contribution in [0.5, 0.6) is 0 Å². The minimum atomic E-state index is -0.541. The molecule has 0 amide bonds. The van der Waals surface area contributed by atoms with E-state index in [1.165, 1.54) is 23.3 Å². The van der Waals surface area contributed by atoms with Crippen molar-refractivity contribution in [3.63, 3.8) is 0 Å². The van der Waals surface area contributed by atoms with Crippen LogP contribution in [-0.4, -0.2) is 7.05 Å². The number of rotatable bonds is 4. The minimum absolute atomic E-state index is 0.110. The van der Waals surface area contributed by atoms with Crippen molar-refractivity contribution in [2.45, 2.75) is 26.3 Å². The van der Waals surface area contributed by atoms with E-state index in [4.69, 9.17) is 0 Å². The largest absolute Gasteiger partial charge is 0.313 e. The highest BCUT2D eigenvalue weighted by molar-refractivity contribution is 5.31. The molecule has 0 aliphatic rings. The van der Waals surface area contributed by atoms with E-state index in [0.717, 1.165) is 11.6 Å². The molecule has 1 unspecified atom stereocenters. The van der Waals surface area contributed by atoms with E-state index in [-0.39, 0.29) is 6.04 Å². The van der Waals surface area contributed by atoms with Gasteiger partial charge in [-0.25, -0.2) is 8.78 Å². The maximum absolute atomic E-state index is 13.3.